The number of alkyl halides is 2. The Bertz CT molecular complexity index is 1210. The van der Waals surface area contributed by atoms with Crippen molar-refractivity contribution < 1.29 is 13.2 Å². The average Bonchev–Trinajstić information content (AvgIpc) is 3.25. The van der Waals surface area contributed by atoms with Crippen LogP contribution in [-0.4, -0.2) is 45.9 Å². The Morgan fingerprint density at radius 2 is 1.91 bits per heavy atom. The molecule has 1 saturated carbocycles. The van der Waals surface area contributed by atoms with E-state index in [0.717, 1.165) is 72.4 Å². The van der Waals surface area contributed by atoms with E-state index < -0.39 is 5.92 Å². The van der Waals surface area contributed by atoms with Gasteiger partial charge in [-0.1, -0.05) is 6.92 Å². The predicted molar refractivity (Wildman–Crippen MR) is 134 cm³/mol. The van der Waals surface area contributed by atoms with E-state index in [4.69, 9.17) is 4.98 Å². The van der Waals surface area contributed by atoms with Crippen molar-refractivity contribution in [2.24, 2.45) is 7.05 Å². The van der Waals surface area contributed by atoms with Crippen molar-refractivity contribution in [3.63, 3.8) is 0 Å². The number of hydrogen-bond donors (Lipinski definition) is 1. The predicted octanol–water partition coefficient (Wildman–Crippen LogP) is 5.78. The minimum atomic E-state index is -2.55. The molecule has 0 radical (unpaired) electrons. The highest BCUT2D eigenvalue weighted by atomic mass is 19.3. The SMILES string of the molecule is CCc1cc(F)c2nc(N3CCC(N[C@H]4CCCC(F)(F)C4)CC3)c(-c3ccn(C)n3)c(C)c2c1. The molecular weight excluding hydrogens is 451 g/mol. The molecule has 0 unspecified atom stereocenters. The molecular formula is C27H34F3N5. The Labute approximate surface area is 204 Å². The van der Waals surface area contributed by atoms with Crippen molar-refractivity contribution in [2.45, 2.75) is 76.8 Å². The molecule has 5 rings (SSSR count). The number of anilines is 1. The van der Waals surface area contributed by atoms with Gasteiger partial charge in [0.2, 0.25) is 5.92 Å². The van der Waals surface area contributed by atoms with Gasteiger partial charge in [-0.15, -0.1) is 0 Å². The smallest absolute Gasteiger partial charge is 0.249 e. The molecule has 1 atom stereocenters. The van der Waals surface area contributed by atoms with E-state index in [-0.39, 0.29) is 30.7 Å². The average molecular weight is 486 g/mol. The van der Waals surface area contributed by atoms with Crippen LogP contribution in [0.2, 0.25) is 0 Å². The minimum Gasteiger partial charge on any atom is -0.356 e. The van der Waals surface area contributed by atoms with Crippen molar-refractivity contribution in [1.82, 2.24) is 20.1 Å². The largest absolute Gasteiger partial charge is 0.356 e. The fraction of sp³-hybridized carbons (Fsp3) is 0.556. The molecule has 8 heteroatoms. The molecule has 188 valence electrons. The molecule has 1 aliphatic carbocycles. The lowest BCUT2D eigenvalue weighted by molar-refractivity contribution is -0.0455. The third-order valence-electron chi connectivity index (χ3n) is 7.63. The molecule has 3 aromatic rings. The van der Waals surface area contributed by atoms with Gasteiger partial charge < -0.3 is 10.2 Å². The van der Waals surface area contributed by atoms with Gasteiger partial charge >= 0.3 is 0 Å². The van der Waals surface area contributed by atoms with Crippen molar-refractivity contribution in [2.75, 3.05) is 18.0 Å². The van der Waals surface area contributed by atoms with Gasteiger partial charge in [-0.3, -0.25) is 4.68 Å². The first kappa shape index (κ1) is 24.1. The first-order chi connectivity index (χ1) is 16.7. The summed E-state index contributed by atoms with van der Waals surface area (Å²) in [6, 6.07) is 5.66. The Hall–Kier alpha value is -2.61. The molecule has 2 aliphatic rings. The van der Waals surface area contributed by atoms with E-state index >= 15 is 4.39 Å². The second kappa shape index (κ2) is 9.45. The number of rotatable bonds is 5. The maximum Gasteiger partial charge on any atom is 0.249 e. The van der Waals surface area contributed by atoms with Crippen LogP contribution in [0.25, 0.3) is 22.2 Å². The van der Waals surface area contributed by atoms with Crippen molar-refractivity contribution in [1.29, 1.82) is 0 Å². The van der Waals surface area contributed by atoms with Gasteiger partial charge in [0.15, 0.2) is 0 Å². The van der Waals surface area contributed by atoms with Crippen molar-refractivity contribution in [3.8, 4) is 11.3 Å². The Balaban J connectivity index is 1.44. The van der Waals surface area contributed by atoms with Crippen LogP contribution in [0.4, 0.5) is 19.0 Å². The van der Waals surface area contributed by atoms with E-state index in [1.165, 1.54) is 0 Å². The van der Waals surface area contributed by atoms with Crippen LogP contribution in [-0.2, 0) is 13.5 Å². The van der Waals surface area contributed by atoms with E-state index in [1.54, 1.807) is 10.7 Å². The molecule has 1 aromatic carbocycles. The van der Waals surface area contributed by atoms with Gasteiger partial charge in [-0.25, -0.2) is 18.2 Å². The molecule has 1 aliphatic heterocycles. The molecule has 3 heterocycles. The first-order valence-corrected chi connectivity index (χ1v) is 12.8. The summed E-state index contributed by atoms with van der Waals surface area (Å²) < 4.78 is 44.6. The highest BCUT2D eigenvalue weighted by molar-refractivity contribution is 5.94. The summed E-state index contributed by atoms with van der Waals surface area (Å²) in [5, 5.41) is 8.96. The fourth-order valence-electron chi connectivity index (χ4n) is 5.71. The summed E-state index contributed by atoms with van der Waals surface area (Å²) >= 11 is 0. The quantitative estimate of drug-likeness (QED) is 0.498. The molecule has 2 aromatic heterocycles. The van der Waals surface area contributed by atoms with E-state index in [0.29, 0.717) is 11.9 Å². The minimum absolute atomic E-state index is 0.00319. The second-order valence-electron chi connectivity index (χ2n) is 10.2. The summed E-state index contributed by atoms with van der Waals surface area (Å²) in [7, 11) is 1.88. The zero-order valence-electron chi connectivity index (χ0n) is 20.8. The number of benzene rings is 1. The number of hydrogen-bond acceptors (Lipinski definition) is 4. The third kappa shape index (κ3) is 4.90. The Kier molecular flexibility index (Phi) is 6.51. The van der Waals surface area contributed by atoms with E-state index in [1.807, 2.05) is 39.2 Å². The summed E-state index contributed by atoms with van der Waals surface area (Å²) in [6.45, 7) is 5.50. The zero-order valence-corrected chi connectivity index (χ0v) is 20.8. The van der Waals surface area contributed by atoms with Gasteiger partial charge in [0.05, 0.1) is 5.69 Å². The number of nitrogens with zero attached hydrogens (tertiary/aromatic N) is 4. The first-order valence-electron chi connectivity index (χ1n) is 12.8. The highest BCUT2D eigenvalue weighted by Gasteiger charge is 2.37. The molecule has 5 nitrogen and oxygen atoms in total. The van der Waals surface area contributed by atoms with E-state index in [9.17, 15) is 8.78 Å². The number of fused-ring (bicyclic) bond motifs is 1. The third-order valence-corrected chi connectivity index (χ3v) is 7.63. The van der Waals surface area contributed by atoms with E-state index in [2.05, 4.69) is 15.3 Å². The monoisotopic (exact) mass is 485 g/mol. The van der Waals surface area contributed by atoms with Crippen molar-refractivity contribution >= 4 is 16.7 Å². The number of nitrogens with one attached hydrogen (secondary N) is 1. The number of pyridine rings is 1. The van der Waals surface area contributed by atoms with Crippen LogP contribution < -0.4 is 10.2 Å². The van der Waals surface area contributed by atoms with Crippen LogP contribution in [0.1, 0.15) is 56.6 Å². The molecule has 1 N–H and O–H groups in total. The number of aryl methyl sites for hydroxylation is 3. The zero-order chi connectivity index (χ0) is 24.7. The van der Waals surface area contributed by atoms with Crippen molar-refractivity contribution in [3.05, 3.63) is 41.3 Å². The van der Waals surface area contributed by atoms with Crippen LogP contribution in [0.3, 0.4) is 0 Å². The lowest BCUT2D eigenvalue weighted by Crippen LogP contribution is -2.49. The highest BCUT2D eigenvalue weighted by Crippen LogP contribution is 2.38. The lowest BCUT2D eigenvalue weighted by Gasteiger charge is -2.38. The Morgan fingerprint density at radius 3 is 2.57 bits per heavy atom. The summed E-state index contributed by atoms with van der Waals surface area (Å²) in [5.41, 5.74) is 4.06. The summed E-state index contributed by atoms with van der Waals surface area (Å²) in [4.78, 5) is 7.07. The molecule has 0 amide bonds. The number of halogens is 3. The van der Waals surface area contributed by atoms with Crippen LogP contribution in [0.15, 0.2) is 24.4 Å². The fourth-order valence-corrected chi connectivity index (χ4v) is 5.71. The van der Waals surface area contributed by atoms with Gasteiger partial charge in [-0.2, -0.15) is 5.10 Å². The number of aromatic nitrogens is 3. The summed E-state index contributed by atoms with van der Waals surface area (Å²) in [6.07, 6.45) is 5.64. The molecule has 35 heavy (non-hydrogen) atoms. The Morgan fingerprint density at radius 1 is 1.14 bits per heavy atom. The van der Waals surface area contributed by atoms with Crippen LogP contribution in [0, 0.1) is 12.7 Å². The van der Waals surface area contributed by atoms with Gasteiger partial charge in [0.25, 0.3) is 0 Å². The van der Waals surface area contributed by atoms with Gasteiger partial charge in [0, 0.05) is 62.2 Å². The normalized spacial score (nSPS) is 21.1. The topological polar surface area (TPSA) is 46.0 Å². The lowest BCUT2D eigenvalue weighted by atomic mass is 9.90. The maximum absolute atomic E-state index is 15.1. The second-order valence-corrected chi connectivity index (χ2v) is 10.2. The summed E-state index contributed by atoms with van der Waals surface area (Å²) in [5.74, 6) is -2.10. The van der Waals surface area contributed by atoms with Crippen LogP contribution >= 0.6 is 0 Å². The van der Waals surface area contributed by atoms with Gasteiger partial charge in [-0.05, 0) is 68.4 Å². The molecule has 0 spiro atoms. The standard InChI is InChI=1S/C27H34F3N5/c1-4-18-14-21-17(2)24(23-9-11-34(3)33-23)26(32-25(21)22(28)15-18)35-12-7-19(8-13-35)31-20-6-5-10-27(29,30)16-20/h9,11,14-15,19-20,31H,4-8,10,12-13,16H2,1-3H3/t20-/m0/s1. The maximum atomic E-state index is 15.1. The van der Waals surface area contributed by atoms with Crippen LogP contribution in [0.5, 0.6) is 0 Å². The molecule has 1 saturated heterocycles. The number of piperidine rings is 1. The molecule has 0 bridgehead atoms. The molecule has 2 fully saturated rings. The van der Waals surface area contributed by atoms with Gasteiger partial charge in [0.1, 0.15) is 17.2 Å².